The Kier molecular flexibility index (Phi) is 3.68. The lowest BCUT2D eigenvalue weighted by molar-refractivity contribution is 0.870. The summed E-state index contributed by atoms with van der Waals surface area (Å²) < 4.78 is 1.58. The summed E-state index contributed by atoms with van der Waals surface area (Å²) in [5.74, 6) is 0. The number of nitrogens with zero attached hydrogens (tertiary/aromatic N) is 2. The first kappa shape index (κ1) is 15.5. The van der Waals surface area contributed by atoms with Gasteiger partial charge in [0.1, 0.15) is 0 Å². The highest BCUT2D eigenvalue weighted by Gasteiger charge is 2.20. The van der Waals surface area contributed by atoms with E-state index in [-0.39, 0.29) is 5.56 Å². The van der Waals surface area contributed by atoms with E-state index in [1.807, 2.05) is 24.4 Å². The summed E-state index contributed by atoms with van der Waals surface area (Å²) in [4.78, 5) is 19.8. The molecule has 2 aromatic carbocycles. The zero-order valence-electron chi connectivity index (χ0n) is 14.1. The molecule has 0 bridgehead atoms. The number of nitrogens with one attached hydrogen (secondary N) is 1. The Bertz CT molecular complexity index is 1140. The van der Waals surface area contributed by atoms with Crippen LogP contribution in [0.25, 0.3) is 16.8 Å². The Labute approximate surface area is 154 Å². The van der Waals surface area contributed by atoms with Gasteiger partial charge in [-0.1, -0.05) is 42.1 Å². The molecule has 2 heterocycles. The Hall–Kier alpha value is -2.79. The van der Waals surface area contributed by atoms with Gasteiger partial charge in [0.25, 0.3) is 5.56 Å². The van der Waals surface area contributed by atoms with Crippen molar-refractivity contribution in [1.82, 2.24) is 14.6 Å². The van der Waals surface area contributed by atoms with Crippen LogP contribution in [0.5, 0.6) is 0 Å². The van der Waals surface area contributed by atoms with Crippen molar-refractivity contribution >= 4 is 17.4 Å². The predicted octanol–water partition coefficient (Wildman–Crippen LogP) is 4.33. The van der Waals surface area contributed by atoms with Gasteiger partial charge in [-0.15, -0.1) is 0 Å². The van der Waals surface area contributed by atoms with E-state index in [1.54, 1.807) is 16.3 Å². The molecule has 1 aliphatic rings. The average Bonchev–Trinajstić information content (AvgIpc) is 3.31. The van der Waals surface area contributed by atoms with Crippen molar-refractivity contribution < 1.29 is 0 Å². The molecule has 0 fully saturated rings. The molecular weight excluding hydrogens is 342 g/mol. The fraction of sp³-hybridized carbons (Fsp3) is 0.143. The molecule has 1 aliphatic carbocycles. The second-order valence-electron chi connectivity index (χ2n) is 6.48. The highest BCUT2D eigenvalue weighted by molar-refractivity contribution is 7.99. The molecular formula is C21H17N3OS. The Morgan fingerprint density at radius 2 is 1.73 bits per heavy atom. The van der Waals surface area contributed by atoms with Crippen molar-refractivity contribution in [2.24, 2.45) is 0 Å². The first-order chi connectivity index (χ1) is 12.8. The molecule has 0 saturated heterocycles. The summed E-state index contributed by atoms with van der Waals surface area (Å²) in [6.07, 6.45) is 4.63. The van der Waals surface area contributed by atoms with E-state index in [4.69, 9.17) is 4.98 Å². The number of aromatic nitrogens is 3. The number of fused-ring (bicyclic) bond motifs is 2. The fourth-order valence-electron chi connectivity index (χ4n) is 3.52. The van der Waals surface area contributed by atoms with Crippen molar-refractivity contribution in [2.45, 2.75) is 29.1 Å². The van der Waals surface area contributed by atoms with E-state index < -0.39 is 0 Å². The Balaban J connectivity index is 1.52. The third-order valence-corrected chi connectivity index (χ3v) is 5.84. The molecule has 1 N–H and O–H groups in total. The van der Waals surface area contributed by atoms with Gasteiger partial charge >= 0.3 is 0 Å². The maximum absolute atomic E-state index is 12.6. The van der Waals surface area contributed by atoms with Crippen molar-refractivity contribution in [3.8, 4) is 11.1 Å². The SMILES string of the molecule is O=c1c2c(nc3c(-c4ccc(Sc5ccccc5)cc4)c[nH]n13)CCC2. The molecule has 4 nitrogen and oxygen atoms in total. The van der Waals surface area contributed by atoms with Gasteiger partial charge in [0.15, 0.2) is 5.65 Å². The van der Waals surface area contributed by atoms with Crippen LogP contribution in [0.2, 0.25) is 0 Å². The summed E-state index contributed by atoms with van der Waals surface area (Å²) >= 11 is 1.74. The van der Waals surface area contributed by atoms with Gasteiger partial charge in [-0.3, -0.25) is 9.89 Å². The minimum Gasteiger partial charge on any atom is -0.296 e. The number of hydrogen-bond acceptors (Lipinski definition) is 3. The number of aryl methyl sites for hydroxylation is 1. The molecule has 5 rings (SSSR count). The van der Waals surface area contributed by atoms with Crippen molar-refractivity contribution in [3.05, 3.63) is 82.4 Å². The summed E-state index contributed by atoms with van der Waals surface area (Å²) in [5.41, 5.74) is 4.63. The highest BCUT2D eigenvalue weighted by Crippen LogP contribution is 2.31. The van der Waals surface area contributed by atoms with Gasteiger partial charge in [0, 0.05) is 27.1 Å². The van der Waals surface area contributed by atoms with Gasteiger partial charge < -0.3 is 0 Å². The standard InChI is InChI=1S/C21H17N3OS/c25-21-17-7-4-8-19(17)23-20-18(13-22-24(20)21)14-9-11-16(12-10-14)26-15-5-2-1-3-6-15/h1-3,5-6,9-13,22H,4,7-8H2. The van der Waals surface area contributed by atoms with Crippen molar-refractivity contribution in [2.75, 3.05) is 0 Å². The second kappa shape index (κ2) is 6.18. The van der Waals surface area contributed by atoms with Crippen LogP contribution in [0.4, 0.5) is 0 Å². The minimum absolute atomic E-state index is 0.0463. The first-order valence-corrected chi connectivity index (χ1v) is 9.56. The van der Waals surface area contributed by atoms with Crippen molar-refractivity contribution in [1.29, 1.82) is 0 Å². The zero-order chi connectivity index (χ0) is 17.5. The van der Waals surface area contributed by atoms with Crippen LogP contribution in [0, 0.1) is 0 Å². The summed E-state index contributed by atoms with van der Waals surface area (Å²) in [5, 5.41) is 3.08. The van der Waals surface area contributed by atoms with E-state index in [0.717, 1.165) is 47.3 Å². The van der Waals surface area contributed by atoms with Gasteiger partial charge in [0.05, 0.1) is 5.69 Å². The number of rotatable bonds is 3. The van der Waals surface area contributed by atoms with Crippen LogP contribution in [0.3, 0.4) is 0 Å². The summed E-state index contributed by atoms with van der Waals surface area (Å²) in [7, 11) is 0. The number of aromatic amines is 1. The zero-order valence-corrected chi connectivity index (χ0v) is 14.9. The molecule has 0 unspecified atom stereocenters. The largest absolute Gasteiger partial charge is 0.296 e. The quantitative estimate of drug-likeness (QED) is 0.592. The minimum atomic E-state index is 0.0463. The molecule has 0 radical (unpaired) electrons. The topological polar surface area (TPSA) is 50.2 Å². The normalized spacial score (nSPS) is 13.2. The van der Waals surface area contributed by atoms with Gasteiger partial charge in [-0.05, 0) is 49.1 Å². The molecule has 26 heavy (non-hydrogen) atoms. The third kappa shape index (κ3) is 2.56. The van der Waals surface area contributed by atoms with Crippen LogP contribution >= 0.6 is 11.8 Å². The smallest absolute Gasteiger partial charge is 0.276 e. The third-order valence-electron chi connectivity index (χ3n) is 4.83. The highest BCUT2D eigenvalue weighted by atomic mass is 32.2. The maximum Gasteiger partial charge on any atom is 0.276 e. The number of H-pyrrole nitrogens is 1. The molecule has 2 aromatic heterocycles. The van der Waals surface area contributed by atoms with E-state index in [9.17, 15) is 4.79 Å². The number of benzene rings is 2. The van der Waals surface area contributed by atoms with Crippen LogP contribution < -0.4 is 5.56 Å². The van der Waals surface area contributed by atoms with E-state index in [1.165, 1.54) is 9.79 Å². The predicted molar refractivity (Wildman–Crippen MR) is 104 cm³/mol. The second-order valence-corrected chi connectivity index (χ2v) is 7.63. The monoisotopic (exact) mass is 359 g/mol. The summed E-state index contributed by atoms with van der Waals surface area (Å²) in [6, 6.07) is 18.7. The average molecular weight is 359 g/mol. The van der Waals surface area contributed by atoms with Crippen molar-refractivity contribution in [3.63, 3.8) is 0 Å². The van der Waals surface area contributed by atoms with Gasteiger partial charge in [-0.2, -0.15) is 0 Å². The van der Waals surface area contributed by atoms with Crippen LogP contribution in [0.15, 0.2) is 75.4 Å². The van der Waals surface area contributed by atoms with E-state index in [0.29, 0.717) is 0 Å². The molecule has 0 amide bonds. The van der Waals surface area contributed by atoms with E-state index in [2.05, 4.69) is 41.5 Å². The molecule has 0 aliphatic heterocycles. The molecule has 128 valence electrons. The molecule has 5 heteroatoms. The van der Waals surface area contributed by atoms with E-state index >= 15 is 0 Å². The molecule has 0 spiro atoms. The van der Waals surface area contributed by atoms with Crippen LogP contribution in [0.1, 0.15) is 17.7 Å². The lowest BCUT2D eigenvalue weighted by Crippen LogP contribution is -2.20. The van der Waals surface area contributed by atoms with Crippen LogP contribution in [-0.2, 0) is 12.8 Å². The maximum atomic E-state index is 12.6. The fourth-order valence-corrected chi connectivity index (χ4v) is 4.36. The van der Waals surface area contributed by atoms with Gasteiger partial charge in [0.2, 0.25) is 0 Å². The lowest BCUT2D eigenvalue weighted by atomic mass is 10.1. The molecule has 0 atom stereocenters. The molecule has 0 saturated carbocycles. The number of hydrogen-bond donors (Lipinski definition) is 1. The summed E-state index contributed by atoms with van der Waals surface area (Å²) in [6.45, 7) is 0. The van der Waals surface area contributed by atoms with Gasteiger partial charge in [-0.25, -0.2) is 9.50 Å². The lowest BCUT2D eigenvalue weighted by Gasteiger charge is -2.04. The molecule has 4 aromatic rings. The Morgan fingerprint density at radius 1 is 0.962 bits per heavy atom. The van der Waals surface area contributed by atoms with Crippen LogP contribution in [-0.4, -0.2) is 14.6 Å². The first-order valence-electron chi connectivity index (χ1n) is 8.75. The Morgan fingerprint density at radius 3 is 2.54 bits per heavy atom.